The number of aryl methyl sites for hydroxylation is 1. The van der Waals surface area contributed by atoms with Crippen molar-refractivity contribution >= 4 is 18.2 Å². The van der Waals surface area contributed by atoms with Crippen LogP contribution in [0, 0.1) is 5.41 Å². The molecule has 0 fully saturated rings. The summed E-state index contributed by atoms with van der Waals surface area (Å²) in [5.41, 5.74) is 2.70. The predicted molar refractivity (Wildman–Crippen MR) is 120 cm³/mol. The first-order valence-electron chi connectivity index (χ1n) is 10.8. The lowest BCUT2D eigenvalue weighted by Gasteiger charge is -2.30. The Morgan fingerprint density at radius 3 is 2.53 bits per heavy atom. The minimum absolute atomic E-state index is 0.0645. The van der Waals surface area contributed by atoms with Gasteiger partial charge in [-0.1, -0.05) is 0 Å². The summed E-state index contributed by atoms with van der Waals surface area (Å²) in [6.07, 6.45) is 3.42. The van der Waals surface area contributed by atoms with E-state index in [0.717, 1.165) is 17.0 Å². The molecule has 10 heteroatoms. The van der Waals surface area contributed by atoms with E-state index < -0.39 is 5.60 Å². The number of nitrogens with one attached hydrogen (secondary N) is 1. The number of carbonyl (C=O) groups is 2. The highest BCUT2D eigenvalue weighted by atomic mass is 16.6. The summed E-state index contributed by atoms with van der Waals surface area (Å²) < 4.78 is 9.10. The van der Waals surface area contributed by atoms with E-state index in [1.807, 2.05) is 51.8 Å². The largest absolute Gasteiger partial charge is 0.444 e. The first kappa shape index (κ1) is 23.5. The van der Waals surface area contributed by atoms with E-state index in [9.17, 15) is 9.59 Å². The minimum Gasteiger partial charge on any atom is -0.444 e. The van der Waals surface area contributed by atoms with Crippen LogP contribution in [0.2, 0.25) is 0 Å². The molecule has 4 heterocycles. The molecule has 0 aliphatic carbocycles. The third-order valence-electron chi connectivity index (χ3n) is 5.34. The molecule has 2 amide bonds. The van der Waals surface area contributed by atoms with Gasteiger partial charge >= 0.3 is 6.09 Å². The molecule has 0 aromatic carbocycles. The summed E-state index contributed by atoms with van der Waals surface area (Å²) in [7, 11) is 3.69. The van der Waals surface area contributed by atoms with Crippen LogP contribution in [0.5, 0.6) is 0 Å². The molecule has 1 atom stereocenters. The first-order valence-corrected chi connectivity index (χ1v) is 10.8. The number of rotatable bonds is 1. The Morgan fingerprint density at radius 2 is 1.94 bits per heavy atom. The van der Waals surface area contributed by atoms with Gasteiger partial charge in [-0.15, -0.1) is 0 Å². The van der Waals surface area contributed by atoms with Gasteiger partial charge in [-0.25, -0.2) is 4.79 Å². The maximum atomic E-state index is 13.2. The SMILES string of the molecule is CC=N.CN1CC(c2ccn(C)n2)Cn2nc3c(c2C1=O)CN(C(=O)OC(C)(C)C)CC3. The number of aromatic nitrogens is 4. The summed E-state index contributed by atoms with van der Waals surface area (Å²) in [4.78, 5) is 29.1. The fourth-order valence-electron chi connectivity index (χ4n) is 3.98. The van der Waals surface area contributed by atoms with Gasteiger partial charge in [0.1, 0.15) is 11.3 Å². The highest BCUT2D eigenvalue weighted by Gasteiger charge is 2.36. The number of ether oxygens (including phenoxy) is 1. The highest BCUT2D eigenvalue weighted by molar-refractivity contribution is 5.94. The molecule has 0 bridgehead atoms. The van der Waals surface area contributed by atoms with Crippen molar-refractivity contribution in [2.24, 2.45) is 7.05 Å². The second-order valence-electron chi connectivity index (χ2n) is 9.19. The van der Waals surface area contributed by atoms with Crippen LogP contribution in [-0.2, 0) is 31.3 Å². The van der Waals surface area contributed by atoms with E-state index in [4.69, 9.17) is 15.2 Å². The van der Waals surface area contributed by atoms with Gasteiger partial charge in [0.2, 0.25) is 0 Å². The lowest BCUT2D eigenvalue weighted by Crippen LogP contribution is -2.40. The van der Waals surface area contributed by atoms with Gasteiger partial charge in [-0.05, 0) is 40.0 Å². The lowest BCUT2D eigenvalue weighted by atomic mass is 10.0. The third-order valence-corrected chi connectivity index (χ3v) is 5.34. The molecule has 0 radical (unpaired) electrons. The normalized spacial score (nSPS) is 18.2. The molecule has 0 saturated carbocycles. The maximum absolute atomic E-state index is 13.2. The van der Waals surface area contributed by atoms with E-state index in [2.05, 4.69) is 5.10 Å². The first-order chi connectivity index (χ1) is 15.0. The smallest absolute Gasteiger partial charge is 0.410 e. The summed E-state index contributed by atoms with van der Waals surface area (Å²) in [6.45, 7) is 9.25. The number of nitrogens with zero attached hydrogens (tertiary/aromatic N) is 6. The molecule has 2 aliphatic rings. The summed E-state index contributed by atoms with van der Waals surface area (Å²) in [5.74, 6) is -0.00191. The second-order valence-corrected chi connectivity index (χ2v) is 9.19. The zero-order valence-corrected chi connectivity index (χ0v) is 19.8. The average molecular weight is 444 g/mol. The van der Waals surface area contributed by atoms with Crippen LogP contribution in [-0.4, -0.2) is 73.3 Å². The van der Waals surface area contributed by atoms with Crippen LogP contribution in [0.1, 0.15) is 61.1 Å². The average Bonchev–Trinajstić information content (AvgIpc) is 3.25. The number of amides is 2. The summed E-state index contributed by atoms with van der Waals surface area (Å²) >= 11 is 0. The molecule has 10 nitrogen and oxygen atoms in total. The Balaban J connectivity index is 0.000000913. The quantitative estimate of drug-likeness (QED) is 0.681. The maximum Gasteiger partial charge on any atom is 0.410 e. The van der Waals surface area contributed by atoms with E-state index in [1.165, 1.54) is 6.21 Å². The standard InChI is InChI=1S/C20H28N6O3.C2H5N/c1-20(2,3)29-19(28)25-9-7-16-14(12-25)17-18(27)23(4)10-13(11-26(17)22-16)15-6-8-24(5)21-15;1-2-3/h6,8,13H,7,9-12H2,1-5H3;2-3H,1H3. The molecule has 174 valence electrons. The molecular formula is C22H33N7O3. The monoisotopic (exact) mass is 443 g/mol. The number of likely N-dealkylation sites (N-methyl/N-ethyl adjacent to an activating group) is 1. The molecule has 0 saturated heterocycles. The summed E-state index contributed by atoms with van der Waals surface area (Å²) in [5, 5.41) is 15.4. The third kappa shape index (κ3) is 5.00. The molecule has 4 rings (SSSR count). The van der Waals surface area contributed by atoms with Gasteiger partial charge in [-0.3, -0.25) is 14.2 Å². The van der Waals surface area contributed by atoms with Gasteiger partial charge in [0, 0.05) is 51.3 Å². The van der Waals surface area contributed by atoms with Gasteiger partial charge in [0.25, 0.3) is 5.91 Å². The second kappa shape index (κ2) is 9.13. The molecule has 1 N–H and O–H groups in total. The van der Waals surface area contributed by atoms with Crippen molar-refractivity contribution < 1.29 is 14.3 Å². The molecule has 2 aromatic heterocycles. The number of hydrogen-bond acceptors (Lipinski definition) is 6. The molecule has 2 aromatic rings. The van der Waals surface area contributed by atoms with E-state index in [0.29, 0.717) is 38.3 Å². The van der Waals surface area contributed by atoms with Crippen molar-refractivity contribution in [3.8, 4) is 0 Å². The van der Waals surface area contributed by atoms with E-state index >= 15 is 0 Å². The van der Waals surface area contributed by atoms with Crippen molar-refractivity contribution in [3.63, 3.8) is 0 Å². The van der Waals surface area contributed by atoms with Crippen LogP contribution in [0.15, 0.2) is 12.3 Å². The molecular weight excluding hydrogens is 410 g/mol. The van der Waals surface area contributed by atoms with Gasteiger partial charge in [0.05, 0.1) is 24.5 Å². The number of hydrogen-bond donors (Lipinski definition) is 1. The number of fused-ring (bicyclic) bond motifs is 3. The topological polar surface area (TPSA) is 109 Å². The fraction of sp³-hybridized carbons (Fsp3) is 0.591. The van der Waals surface area contributed by atoms with Crippen molar-refractivity contribution in [2.45, 2.75) is 58.7 Å². The lowest BCUT2D eigenvalue weighted by molar-refractivity contribution is 0.0222. The molecule has 2 aliphatic heterocycles. The Hall–Kier alpha value is -3.17. The van der Waals surface area contributed by atoms with Crippen LogP contribution >= 0.6 is 0 Å². The van der Waals surface area contributed by atoms with Crippen molar-refractivity contribution in [3.05, 3.63) is 34.9 Å². The van der Waals surface area contributed by atoms with Crippen molar-refractivity contribution in [1.29, 1.82) is 5.41 Å². The zero-order valence-electron chi connectivity index (χ0n) is 19.8. The van der Waals surface area contributed by atoms with E-state index in [1.54, 1.807) is 21.4 Å². The molecule has 1 unspecified atom stereocenters. The minimum atomic E-state index is -0.556. The predicted octanol–water partition coefficient (Wildman–Crippen LogP) is 2.44. The number of carbonyl (C=O) groups excluding carboxylic acids is 2. The van der Waals surface area contributed by atoms with Crippen molar-refractivity contribution in [1.82, 2.24) is 29.4 Å². The van der Waals surface area contributed by atoms with Crippen molar-refractivity contribution in [2.75, 3.05) is 20.1 Å². The van der Waals surface area contributed by atoms with E-state index in [-0.39, 0.29) is 17.9 Å². The van der Waals surface area contributed by atoms with Gasteiger partial charge < -0.3 is 19.9 Å². The van der Waals surface area contributed by atoms with Crippen LogP contribution < -0.4 is 0 Å². The highest BCUT2D eigenvalue weighted by Crippen LogP contribution is 2.29. The Bertz CT molecular complexity index is 1000. The summed E-state index contributed by atoms with van der Waals surface area (Å²) in [6, 6.07) is 1.99. The molecule has 0 spiro atoms. The molecule has 32 heavy (non-hydrogen) atoms. The van der Waals surface area contributed by atoms with Gasteiger partial charge in [-0.2, -0.15) is 10.2 Å². The fourth-order valence-corrected chi connectivity index (χ4v) is 3.98. The van der Waals surface area contributed by atoms with Crippen LogP contribution in [0.3, 0.4) is 0 Å². The Kier molecular flexibility index (Phi) is 6.71. The Morgan fingerprint density at radius 1 is 1.25 bits per heavy atom. The van der Waals surface area contributed by atoms with Gasteiger partial charge in [0.15, 0.2) is 0 Å². The van der Waals surface area contributed by atoms with Crippen LogP contribution in [0.4, 0.5) is 4.79 Å². The Labute approximate surface area is 188 Å². The van der Waals surface area contributed by atoms with Crippen LogP contribution in [0.25, 0.3) is 0 Å². The zero-order chi connectivity index (χ0) is 23.6.